The van der Waals surface area contributed by atoms with Crippen molar-refractivity contribution >= 4 is 11.6 Å². The molecule has 3 atom stereocenters. The fourth-order valence-electron chi connectivity index (χ4n) is 2.84. The van der Waals surface area contributed by atoms with Gasteiger partial charge in [0.15, 0.2) is 0 Å². The zero-order valence-corrected chi connectivity index (χ0v) is 11.2. The lowest BCUT2D eigenvalue weighted by Gasteiger charge is -2.34. The fourth-order valence-corrected chi connectivity index (χ4v) is 3.04. The van der Waals surface area contributed by atoms with Gasteiger partial charge < -0.3 is 5.73 Å². The van der Waals surface area contributed by atoms with Crippen molar-refractivity contribution < 1.29 is 0 Å². The number of nitrogens with zero attached hydrogens (tertiary/aromatic N) is 1. The summed E-state index contributed by atoms with van der Waals surface area (Å²) in [4.78, 5) is 4.02. The van der Waals surface area contributed by atoms with Crippen molar-refractivity contribution in [1.82, 2.24) is 4.98 Å². The summed E-state index contributed by atoms with van der Waals surface area (Å²) in [6, 6.07) is 2.35. The highest BCUT2D eigenvalue weighted by Gasteiger charge is 2.27. The third-order valence-electron chi connectivity index (χ3n) is 4.07. The van der Waals surface area contributed by atoms with Crippen LogP contribution >= 0.6 is 11.6 Å². The van der Waals surface area contributed by atoms with Gasteiger partial charge in [-0.15, -0.1) is 0 Å². The van der Waals surface area contributed by atoms with Gasteiger partial charge in [-0.25, -0.2) is 0 Å². The third-order valence-corrected chi connectivity index (χ3v) is 4.41. The number of hydrogen-bond acceptors (Lipinski definition) is 2. The molecule has 1 aromatic rings. The molecule has 0 aromatic carbocycles. The van der Waals surface area contributed by atoms with Gasteiger partial charge in [0.1, 0.15) is 0 Å². The van der Waals surface area contributed by atoms with Crippen LogP contribution in [0.5, 0.6) is 0 Å². The average molecular weight is 253 g/mol. The Kier molecular flexibility index (Phi) is 4.41. The van der Waals surface area contributed by atoms with Gasteiger partial charge >= 0.3 is 0 Å². The van der Waals surface area contributed by atoms with Crippen molar-refractivity contribution in [2.75, 3.05) is 0 Å². The van der Waals surface area contributed by atoms with E-state index in [2.05, 4.69) is 11.9 Å². The van der Waals surface area contributed by atoms with Gasteiger partial charge in [-0.3, -0.25) is 4.98 Å². The number of hydrogen-bond donors (Lipinski definition) is 1. The van der Waals surface area contributed by atoms with Crippen molar-refractivity contribution in [1.29, 1.82) is 0 Å². The van der Waals surface area contributed by atoms with Gasteiger partial charge in [0.25, 0.3) is 0 Å². The molecule has 17 heavy (non-hydrogen) atoms. The van der Waals surface area contributed by atoms with Crippen LogP contribution in [0, 0.1) is 11.8 Å². The lowest BCUT2D eigenvalue weighted by molar-refractivity contribution is 0.227. The molecule has 2 nitrogen and oxygen atoms in total. The zero-order valence-electron chi connectivity index (χ0n) is 10.4. The summed E-state index contributed by atoms with van der Waals surface area (Å²) in [7, 11) is 0. The SMILES string of the molecule is CCC1CCC(N)C(Cc2ccncc2Cl)C1. The van der Waals surface area contributed by atoms with Crippen LogP contribution in [0.25, 0.3) is 0 Å². The first-order chi connectivity index (χ1) is 8.20. The molecule has 3 heteroatoms. The number of aromatic nitrogens is 1. The Labute approximate surface area is 109 Å². The predicted octanol–water partition coefficient (Wildman–Crippen LogP) is 3.43. The van der Waals surface area contributed by atoms with Gasteiger partial charge in [0.05, 0.1) is 5.02 Å². The minimum absolute atomic E-state index is 0.335. The molecule has 0 aliphatic heterocycles. The maximum atomic E-state index is 6.24. The largest absolute Gasteiger partial charge is 0.327 e. The number of nitrogens with two attached hydrogens (primary N) is 1. The topological polar surface area (TPSA) is 38.9 Å². The third kappa shape index (κ3) is 3.20. The minimum atomic E-state index is 0.335. The van der Waals surface area contributed by atoms with Gasteiger partial charge in [-0.05, 0) is 49.1 Å². The van der Waals surface area contributed by atoms with E-state index in [0.29, 0.717) is 12.0 Å². The summed E-state index contributed by atoms with van der Waals surface area (Å²) in [5.74, 6) is 1.43. The molecule has 0 bridgehead atoms. The first-order valence-electron chi connectivity index (χ1n) is 6.54. The molecule has 1 heterocycles. The molecule has 3 unspecified atom stereocenters. The fraction of sp³-hybridized carbons (Fsp3) is 0.643. The second-order valence-corrected chi connectivity index (χ2v) is 5.59. The standard InChI is InChI=1S/C14H21ClN2/c1-2-10-3-4-14(16)12(7-10)8-11-5-6-17-9-13(11)15/h5-6,9-10,12,14H,2-4,7-8,16H2,1H3. The molecular formula is C14H21ClN2. The summed E-state index contributed by atoms with van der Waals surface area (Å²) < 4.78 is 0. The lowest BCUT2D eigenvalue weighted by Crippen LogP contribution is -2.37. The highest BCUT2D eigenvalue weighted by Crippen LogP contribution is 2.33. The Morgan fingerprint density at radius 3 is 3.00 bits per heavy atom. The molecule has 0 radical (unpaired) electrons. The smallest absolute Gasteiger partial charge is 0.0621 e. The molecule has 1 fully saturated rings. The molecule has 0 spiro atoms. The molecule has 1 aliphatic rings. The Hall–Kier alpha value is -0.600. The van der Waals surface area contributed by atoms with E-state index < -0.39 is 0 Å². The van der Waals surface area contributed by atoms with E-state index in [1.807, 2.05) is 12.3 Å². The van der Waals surface area contributed by atoms with Crippen LogP contribution in [-0.4, -0.2) is 11.0 Å². The monoisotopic (exact) mass is 252 g/mol. The maximum Gasteiger partial charge on any atom is 0.0621 e. The minimum Gasteiger partial charge on any atom is -0.327 e. The first kappa shape index (κ1) is 12.8. The molecule has 94 valence electrons. The van der Waals surface area contributed by atoms with E-state index in [9.17, 15) is 0 Å². The Morgan fingerprint density at radius 2 is 2.29 bits per heavy atom. The van der Waals surface area contributed by atoms with Crippen LogP contribution < -0.4 is 5.73 Å². The summed E-state index contributed by atoms with van der Waals surface area (Å²) in [5.41, 5.74) is 7.43. The molecule has 0 amide bonds. The van der Waals surface area contributed by atoms with Crippen LogP contribution in [0.15, 0.2) is 18.5 Å². The van der Waals surface area contributed by atoms with Crippen molar-refractivity contribution in [3.63, 3.8) is 0 Å². The van der Waals surface area contributed by atoms with Gasteiger partial charge in [-0.2, -0.15) is 0 Å². The van der Waals surface area contributed by atoms with E-state index in [1.165, 1.54) is 24.8 Å². The second kappa shape index (κ2) is 5.83. The highest BCUT2D eigenvalue weighted by atomic mass is 35.5. The summed E-state index contributed by atoms with van der Waals surface area (Å²) >= 11 is 6.16. The van der Waals surface area contributed by atoms with Crippen LogP contribution in [0.2, 0.25) is 5.02 Å². The summed E-state index contributed by atoms with van der Waals surface area (Å²) in [5, 5.41) is 0.776. The van der Waals surface area contributed by atoms with Crippen molar-refractivity contribution in [2.24, 2.45) is 17.6 Å². The molecule has 1 aromatic heterocycles. The van der Waals surface area contributed by atoms with E-state index in [1.54, 1.807) is 6.20 Å². The van der Waals surface area contributed by atoms with Crippen LogP contribution in [0.1, 0.15) is 38.2 Å². The van der Waals surface area contributed by atoms with Gasteiger partial charge in [0, 0.05) is 18.4 Å². The molecule has 2 rings (SSSR count). The Bertz CT molecular complexity index is 367. The number of pyridine rings is 1. The van der Waals surface area contributed by atoms with Crippen LogP contribution in [0.4, 0.5) is 0 Å². The molecule has 1 saturated carbocycles. The van der Waals surface area contributed by atoms with E-state index in [-0.39, 0.29) is 0 Å². The average Bonchev–Trinajstić information content (AvgIpc) is 2.35. The molecule has 0 saturated heterocycles. The molecule has 2 N–H and O–H groups in total. The summed E-state index contributed by atoms with van der Waals surface area (Å²) in [6.07, 6.45) is 9.50. The predicted molar refractivity (Wildman–Crippen MR) is 72.0 cm³/mol. The van der Waals surface area contributed by atoms with Crippen molar-refractivity contribution in [3.8, 4) is 0 Å². The summed E-state index contributed by atoms with van der Waals surface area (Å²) in [6.45, 7) is 2.28. The highest BCUT2D eigenvalue weighted by molar-refractivity contribution is 6.31. The van der Waals surface area contributed by atoms with E-state index >= 15 is 0 Å². The van der Waals surface area contributed by atoms with E-state index in [4.69, 9.17) is 17.3 Å². The van der Waals surface area contributed by atoms with Crippen molar-refractivity contribution in [2.45, 2.75) is 45.1 Å². The first-order valence-corrected chi connectivity index (χ1v) is 6.92. The lowest BCUT2D eigenvalue weighted by atomic mass is 9.75. The molecular weight excluding hydrogens is 232 g/mol. The number of rotatable bonds is 3. The van der Waals surface area contributed by atoms with Crippen molar-refractivity contribution in [3.05, 3.63) is 29.0 Å². The Morgan fingerprint density at radius 1 is 1.47 bits per heavy atom. The molecule has 1 aliphatic carbocycles. The Balaban J connectivity index is 2.04. The van der Waals surface area contributed by atoms with Crippen LogP contribution in [0.3, 0.4) is 0 Å². The van der Waals surface area contributed by atoms with E-state index in [0.717, 1.165) is 23.8 Å². The van der Waals surface area contributed by atoms with Gasteiger partial charge in [-0.1, -0.05) is 24.9 Å². The van der Waals surface area contributed by atoms with Gasteiger partial charge in [0.2, 0.25) is 0 Å². The number of halogens is 1. The zero-order chi connectivity index (χ0) is 12.3. The quantitative estimate of drug-likeness (QED) is 0.895. The normalized spacial score (nSPS) is 29.2. The second-order valence-electron chi connectivity index (χ2n) is 5.18. The maximum absolute atomic E-state index is 6.24. The van der Waals surface area contributed by atoms with Crippen LogP contribution in [-0.2, 0) is 6.42 Å².